The van der Waals surface area contributed by atoms with Crippen molar-refractivity contribution < 1.29 is 4.39 Å². The van der Waals surface area contributed by atoms with Crippen LogP contribution in [-0.2, 0) is 13.0 Å². The first-order valence-electron chi connectivity index (χ1n) is 8.38. The van der Waals surface area contributed by atoms with Crippen LogP contribution >= 0.6 is 0 Å². The van der Waals surface area contributed by atoms with Crippen LogP contribution in [0.2, 0.25) is 0 Å². The van der Waals surface area contributed by atoms with Gasteiger partial charge in [0.15, 0.2) is 5.65 Å². The fraction of sp³-hybridized carbons (Fsp3) is 0.211. The van der Waals surface area contributed by atoms with Crippen LogP contribution in [0.15, 0.2) is 42.6 Å². The van der Waals surface area contributed by atoms with Crippen molar-refractivity contribution >= 4 is 5.65 Å². The maximum absolute atomic E-state index is 13.5. The average molecular weight is 333 g/mol. The molecule has 3 aromatic heterocycles. The smallest absolute Gasteiger partial charge is 0.201 e. The molecule has 5 rings (SSSR count). The van der Waals surface area contributed by atoms with Gasteiger partial charge in [0.05, 0.1) is 0 Å². The summed E-state index contributed by atoms with van der Waals surface area (Å²) in [6.45, 7) is 2.82. The summed E-state index contributed by atoms with van der Waals surface area (Å²) in [6.07, 6.45) is 3.90. The number of pyridine rings is 1. The second-order valence-electron chi connectivity index (χ2n) is 6.38. The van der Waals surface area contributed by atoms with E-state index >= 15 is 0 Å². The average Bonchev–Trinajstić information content (AvgIpc) is 3.27. The molecule has 0 atom stereocenters. The second-order valence-corrected chi connectivity index (χ2v) is 6.38. The molecule has 4 heterocycles. The van der Waals surface area contributed by atoms with Crippen molar-refractivity contribution in [3.63, 3.8) is 0 Å². The third-order valence-electron chi connectivity index (χ3n) is 4.73. The van der Waals surface area contributed by atoms with Crippen molar-refractivity contribution in [2.75, 3.05) is 0 Å². The lowest BCUT2D eigenvalue weighted by Crippen LogP contribution is -1.98. The van der Waals surface area contributed by atoms with Gasteiger partial charge >= 0.3 is 0 Å². The van der Waals surface area contributed by atoms with Crippen LogP contribution in [-0.4, -0.2) is 24.1 Å². The summed E-state index contributed by atoms with van der Waals surface area (Å²) in [6, 6.07) is 10.6. The van der Waals surface area contributed by atoms with E-state index in [1.807, 2.05) is 31.3 Å². The van der Waals surface area contributed by atoms with E-state index in [2.05, 4.69) is 14.6 Å². The molecular weight excluding hydrogens is 317 g/mol. The number of rotatable bonds is 2. The predicted octanol–water partition coefficient (Wildman–Crippen LogP) is 3.65. The molecule has 0 unspecified atom stereocenters. The minimum atomic E-state index is -0.236. The molecule has 0 bridgehead atoms. The van der Waals surface area contributed by atoms with Crippen molar-refractivity contribution in [2.45, 2.75) is 26.3 Å². The molecule has 0 saturated carbocycles. The van der Waals surface area contributed by atoms with Crippen LogP contribution in [0.3, 0.4) is 0 Å². The van der Waals surface area contributed by atoms with Crippen LogP contribution in [0.25, 0.3) is 28.4 Å². The van der Waals surface area contributed by atoms with Gasteiger partial charge in [-0.1, -0.05) is 6.07 Å². The Morgan fingerprint density at radius 1 is 1.12 bits per heavy atom. The van der Waals surface area contributed by atoms with Gasteiger partial charge in [0.25, 0.3) is 0 Å². The summed E-state index contributed by atoms with van der Waals surface area (Å²) in [5.74, 6) is 1.47. The van der Waals surface area contributed by atoms with Gasteiger partial charge in [0.2, 0.25) is 5.82 Å². The van der Waals surface area contributed by atoms with Gasteiger partial charge in [-0.3, -0.25) is 0 Å². The molecule has 124 valence electrons. The van der Waals surface area contributed by atoms with Crippen molar-refractivity contribution in [1.29, 1.82) is 0 Å². The van der Waals surface area contributed by atoms with Crippen LogP contribution in [0, 0.1) is 12.7 Å². The largest absolute Gasteiger partial charge is 0.325 e. The first-order chi connectivity index (χ1) is 12.2. The number of hydrogen-bond donors (Lipinski definition) is 0. The van der Waals surface area contributed by atoms with E-state index in [4.69, 9.17) is 4.98 Å². The molecule has 6 heteroatoms. The summed E-state index contributed by atoms with van der Waals surface area (Å²) in [7, 11) is 0. The van der Waals surface area contributed by atoms with E-state index < -0.39 is 0 Å². The number of aryl methyl sites for hydroxylation is 2. The zero-order valence-electron chi connectivity index (χ0n) is 13.8. The quantitative estimate of drug-likeness (QED) is 0.562. The fourth-order valence-corrected chi connectivity index (χ4v) is 3.57. The van der Waals surface area contributed by atoms with Crippen LogP contribution in [0.1, 0.15) is 17.8 Å². The molecule has 5 nitrogen and oxygen atoms in total. The van der Waals surface area contributed by atoms with E-state index in [1.165, 1.54) is 6.07 Å². The molecule has 0 amide bonds. The first kappa shape index (κ1) is 14.3. The number of fused-ring (bicyclic) bond motifs is 2. The number of aromatic nitrogens is 5. The number of benzene rings is 1. The molecule has 0 aliphatic carbocycles. The van der Waals surface area contributed by atoms with E-state index in [-0.39, 0.29) is 5.82 Å². The summed E-state index contributed by atoms with van der Waals surface area (Å²) in [5.41, 5.74) is 4.35. The van der Waals surface area contributed by atoms with Crippen LogP contribution < -0.4 is 0 Å². The zero-order chi connectivity index (χ0) is 17.0. The molecule has 4 aromatic rings. The third-order valence-corrected chi connectivity index (χ3v) is 4.73. The van der Waals surface area contributed by atoms with Gasteiger partial charge in [0, 0.05) is 24.7 Å². The van der Waals surface area contributed by atoms with Crippen LogP contribution in [0.4, 0.5) is 4.39 Å². The molecule has 0 fully saturated rings. The highest BCUT2D eigenvalue weighted by Gasteiger charge is 2.26. The molecule has 1 aliphatic rings. The Bertz CT molecular complexity index is 1080. The maximum atomic E-state index is 13.5. The normalized spacial score (nSPS) is 13.5. The highest BCUT2D eigenvalue weighted by Crippen LogP contribution is 2.35. The molecule has 0 N–H and O–H groups in total. The van der Waals surface area contributed by atoms with Gasteiger partial charge in [-0.15, -0.1) is 5.10 Å². The Labute approximate surface area is 143 Å². The molecule has 0 radical (unpaired) electrons. The van der Waals surface area contributed by atoms with Crippen molar-refractivity contribution in [1.82, 2.24) is 24.1 Å². The highest BCUT2D eigenvalue weighted by molar-refractivity contribution is 5.78. The topological polar surface area (TPSA) is 48.0 Å². The first-order valence-corrected chi connectivity index (χ1v) is 8.38. The van der Waals surface area contributed by atoms with E-state index in [0.717, 1.165) is 53.4 Å². The summed E-state index contributed by atoms with van der Waals surface area (Å²) in [5, 5.41) is 4.64. The fourth-order valence-electron chi connectivity index (χ4n) is 3.57. The Kier molecular flexibility index (Phi) is 3.00. The molecule has 1 aromatic carbocycles. The Hall–Kier alpha value is -3.02. The van der Waals surface area contributed by atoms with Crippen LogP contribution in [0.5, 0.6) is 0 Å². The third kappa shape index (κ3) is 2.17. The summed E-state index contributed by atoms with van der Waals surface area (Å²) in [4.78, 5) is 9.53. The number of halogens is 1. The minimum Gasteiger partial charge on any atom is -0.325 e. The lowest BCUT2D eigenvalue weighted by atomic mass is 10.0. The lowest BCUT2D eigenvalue weighted by molar-refractivity contribution is 0.627. The molecule has 0 saturated heterocycles. The van der Waals surface area contributed by atoms with Gasteiger partial charge in [-0.25, -0.2) is 18.9 Å². The van der Waals surface area contributed by atoms with Gasteiger partial charge in [-0.2, -0.15) is 0 Å². The van der Waals surface area contributed by atoms with E-state index in [0.29, 0.717) is 5.82 Å². The number of hydrogen-bond acceptors (Lipinski definition) is 3. The highest BCUT2D eigenvalue weighted by atomic mass is 19.1. The van der Waals surface area contributed by atoms with E-state index in [9.17, 15) is 4.39 Å². The SMILES string of the molecule is Cc1cc(F)ccc1-c1nc2n(c1-c1nc3ccccn3n1)CCC2. The Balaban J connectivity index is 1.78. The standard InChI is InChI=1S/C19H16FN5/c1-12-11-13(20)7-8-14(12)17-18(24-9-4-6-15(24)21-17)19-22-16-5-2-3-10-25(16)23-19/h2-3,5,7-8,10-11H,4,6,9H2,1H3. The molecule has 25 heavy (non-hydrogen) atoms. The van der Waals surface area contributed by atoms with Gasteiger partial charge in [0.1, 0.15) is 23.0 Å². The van der Waals surface area contributed by atoms with Crippen molar-refractivity contribution in [3.05, 3.63) is 59.8 Å². The van der Waals surface area contributed by atoms with Crippen molar-refractivity contribution in [3.8, 4) is 22.8 Å². The molecular formula is C19H16FN5. The van der Waals surface area contributed by atoms with Gasteiger partial charge in [-0.05, 0) is 49.2 Å². The molecule has 1 aliphatic heterocycles. The van der Waals surface area contributed by atoms with Crippen molar-refractivity contribution in [2.24, 2.45) is 0 Å². The maximum Gasteiger partial charge on any atom is 0.201 e. The lowest BCUT2D eigenvalue weighted by Gasteiger charge is -2.07. The predicted molar refractivity (Wildman–Crippen MR) is 92.7 cm³/mol. The summed E-state index contributed by atoms with van der Waals surface area (Å²) < 4.78 is 17.5. The minimum absolute atomic E-state index is 0.236. The number of imidazole rings is 1. The Morgan fingerprint density at radius 3 is 2.88 bits per heavy atom. The number of nitrogens with zero attached hydrogens (tertiary/aromatic N) is 5. The van der Waals surface area contributed by atoms with Gasteiger partial charge < -0.3 is 4.57 Å². The Morgan fingerprint density at radius 2 is 2.04 bits per heavy atom. The monoisotopic (exact) mass is 333 g/mol. The molecule has 0 spiro atoms. The second kappa shape index (κ2) is 5.24. The zero-order valence-corrected chi connectivity index (χ0v) is 13.8. The van der Waals surface area contributed by atoms with E-state index in [1.54, 1.807) is 16.6 Å². The summed E-state index contributed by atoms with van der Waals surface area (Å²) >= 11 is 0.